The molecule has 19 heavy (non-hydrogen) atoms. The summed E-state index contributed by atoms with van der Waals surface area (Å²) in [6.07, 6.45) is 0.0822. The highest BCUT2D eigenvalue weighted by molar-refractivity contribution is 5.98. The second kappa shape index (κ2) is 5.31. The normalized spacial score (nSPS) is 10.5. The Morgan fingerprint density at radius 3 is 2.21 bits per heavy atom. The van der Waals surface area contributed by atoms with Crippen molar-refractivity contribution in [3.8, 4) is 0 Å². The molecular formula is C16H14F2O. The Bertz CT molecular complexity index is 612. The fourth-order valence-electron chi connectivity index (χ4n) is 2.10. The first-order valence-electron chi connectivity index (χ1n) is 6.03. The van der Waals surface area contributed by atoms with Gasteiger partial charge in [-0.3, -0.25) is 4.79 Å². The van der Waals surface area contributed by atoms with Crippen molar-refractivity contribution in [2.24, 2.45) is 0 Å². The molecule has 0 bridgehead atoms. The Balaban J connectivity index is 2.34. The van der Waals surface area contributed by atoms with Crippen LogP contribution in [0.1, 0.15) is 27.0 Å². The van der Waals surface area contributed by atoms with Crippen LogP contribution in [0.4, 0.5) is 8.78 Å². The molecule has 0 spiro atoms. The molecule has 2 aromatic carbocycles. The number of hydrogen-bond donors (Lipinski definition) is 0. The lowest BCUT2D eigenvalue weighted by Crippen LogP contribution is -2.09. The number of carbonyl (C=O) groups excluding carboxylic acids is 1. The average Bonchev–Trinajstić information content (AvgIpc) is 2.37. The standard InChI is InChI=1S/C16H14F2O/c1-10-5-3-6-11(2)13(10)9-15(19)12-7-4-8-14(17)16(12)18/h3-8H,9H2,1-2H3. The van der Waals surface area contributed by atoms with E-state index in [0.717, 1.165) is 22.8 Å². The van der Waals surface area contributed by atoms with Gasteiger partial charge in [-0.1, -0.05) is 24.3 Å². The molecule has 0 aromatic heterocycles. The highest BCUT2D eigenvalue weighted by Crippen LogP contribution is 2.18. The zero-order chi connectivity index (χ0) is 14.0. The van der Waals surface area contributed by atoms with Crippen LogP contribution in [-0.2, 0) is 6.42 Å². The van der Waals surface area contributed by atoms with Crippen molar-refractivity contribution in [1.82, 2.24) is 0 Å². The minimum absolute atomic E-state index is 0.0822. The molecule has 0 aliphatic carbocycles. The van der Waals surface area contributed by atoms with Gasteiger partial charge in [-0.25, -0.2) is 8.78 Å². The summed E-state index contributed by atoms with van der Waals surface area (Å²) in [6, 6.07) is 9.37. The third-order valence-corrected chi connectivity index (χ3v) is 3.23. The number of carbonyl (C=O) groups is 1. The van der Waals surface area contributed by atoms with Crippen LogP contribution < -0.4 is 0 Å². The number of benzene rings is 2. The van der Waals surface area contributed by atoms with Crippen LogP contribution in [0.2, 0.25) is 0 Å². The fourth-order valence-corrected chi connectivity index (χ4v) is 2.10. The molecule has 0 fully saturated rings. The van der Waals surface area contributed by atoms with Crippen molar-refractivity contribution in [3.05, 3.63) is 70.3 Å². The van der Waals surface area contributed by atoms with Crippen LogP contribution in [-0.4, -0.2) is 5.78 Å². The maximum absolute atomic E-state index is 13.6. The molecule has 2 rings (SSSR count). The molecule has 0 unspecified atom stereocenters. The fraction of sp³-hybridized carbons (Fsp3) is 0.188. The number of Topliss-reactive ketones (excluding diaryl/α,β-unsaturated/α-hetero) is 1. The number of hydrogen-bond acceptors (Lipinski definition) is 1. The second-order valence-electron chi connectivity index (χ2n) is 4.57. The molecule has 0 atom stereocenters. The van der Waals surface area contributed by atoms with Gasteiger partial charge in [0.2, 0.25) is 0 Å². The zero-order valence-corrected chi connectivity index (χ0v) is 10.8. The van der Waals surface area contributed by atoms with E-state index in [1.54, 1.807) is 0 Å². The SMILES string of the molecule is Cc1cccc(C)c1CC(=O)c1cccc(F)c1F. The maximum Gasteiger partial charge on any atom is 0.170 e. The molecule has 98 valence electrons. The lowest BCUT2D eigenvalue weighted by molar-refractivity contribution is 0.0987. The van der Waals surface area contributed by atoms with Crippen LogP contribution in [0.5, 0.6) is 0 Å². The Kier molecular flexibility index (Phi) is 3.74. The van der Waals surface area contributed by atoms with Crippen molar-refractivity contribution in [2.45, 2.75) is 20.3 Å². The molecule has 3 heteroatoms. The van der Waals surface area contributed by atoms with Crippen LogP contribution >= 0.6 is 0 Å². The Hall–Kier alpha value is -2.03. The minimum atomic E-state index is -1.07. The second-order valence-corrected chi connectivity index (χ2v) is 4.57. The van der Waals surface area contributed by atoms with Crippen LogP contribution in [0, 0.1) is 25.5 Å². The van der Waals surface area contributed by atoms with E-state index in [0.29, 0.717) is 0 Å². The van der Waals surface area contributed by atoms with E-state index in [1.165, 1.54) is 12.1 Å². The summed E-state index contributed by atoms with van der Waals surface area (Å²) in [6.45, 7) is 3.80. The van der Waals surface area contributed by atoms with E-state index in [9.17, 15) is 13.6 Å². The number of rotatable bonds is 3. The monoisotopic (exact) mass is 260 g/mol. The van der Waals surface area contributed by atoms with Gasteiger partial charge in [0.25, 0.3) is 0 Å². The summed E-state index contributed by atoms with van der Waals surface area (Å²) in [4.78, 5) is 12.1. The highest BCUT2D eigenvalue weighted by atomic mass is 19.2. The number of halogens is 2. The van der Waals surface area contributed by atoms with Crippen LogP contribution in [0.3, 0.4) is 0 Å². The van der Waals surface area contributed by atoms with E-state index in [2.05, 4.69) is 0 Å². The van der Waals surface area contributed by atoms with E-state index >= 15 is 0 Å². The lowest BCUT2D eigenvalue weighted by atomic mass is 9.95. The zero-order valence-electron chi connectivity index (χ0n) is 10.8. The molecule has 2 aromatic rings. The van der Waals surface area contributed by atoms with E-state index < -0.39 is 17.4 Å². The third kappa shape index (κ3) is 2.70. The molecular weight excluding hydrogens is 246 g/mol. The van der Waals surface area contributed by atoms with E-state index in [1.807, 2.05) is 32.0 Å². The predicted octanol–water partition coefficient (Wildman–Crippen LogP) is 4.01. The molecule has 0 aliphatic heterocycles. The summed E-state index contributed by atoms with van der Waals surface area (Å²) in [5.74, 6) is -2.47. The Morgan fingerprint density at radius 2 is 1.58 bits per heavy atom. The van der Waals surface area contributed by atoms with E-state index in [4.69, 9.17) is 0 Å². The predicted molar refractivity (Wildman–Crippen MR) is 70.3 cm³/mol. The summed E-state index contributed by atoms with van der Waals surface area (Å²) in [7, 11) is 0. The van der Waals surface area contributed by atoms with Crippen LogP contribution in [0.15, 0.2) is 36.4 Å². The lowest BCUT2D eigenvalue weighted by Gasteiger charge is -2.09. The first-order chi connectivity index (χ1) is 9.00. The van der Waals surface area contributed by atoms with Gasteiger partial charge < -0.3 is 0 Å². The highest BCUT2D eigenvalue weighted by Gasteiger charge is 2.16. The van der Waals surface area contributed by atoms with Crippen LogP contribution in [0.25, 0.3) is 0 Å². The van der Waals surface area contributed by atoms with E-state index in [-0.39, 0.29) is 12.0 Å². The molecule has 0 amide bonds. The van der Waals surface area contributed by atoms with Gasteiger partial charge in [0, 0.05) is 6.42 Å². The van der Waals surface area contributed by atoms with Gasteiger partial charge in [-0.05, 0) is 42.7 Å². The molecule has 0 saturated carbocycles. The Morgan fingerprint density at radius 1 is 1.00 bits per heavy atom. The molecule has 1 nitrogen and oxygen atoms in total. The largest absolute Gasteiger partial charge is 0.294 e. The first-order valence-corrected chi connectivity index (χ1v) is 6.03. The quantitative estimate of drug-likeness (QED) is 0.762. The maximum atomic E-state index is 13.6. The van der Waals surface area contributed by atoms with Crippen molar-refractivity contribution in [1.29, 1.82) is 0 Å². The van der Waals surface area contributed by atoms with Crippen molar-refractivity contribution < 1.29 is 13.6 Å². The van der Waals surface area contributed by atoms with Gasteiger partial charge in [-0.2, -0.15) is 0 Å². The van der Waals surface area contributed by atoms with Crippen molar-refractivity contribution in [3.63, 3.8) is 0 Å². The summed E-state index contributed by atoms with van der Waals surface area (Å²) in [5, 5.41) is 0. The van der Waals surface area contributed by atoms with Gasteiger partial charge in [0.05, 0.1) is 5.56 Å². The Labute approximate surface area is 110 Å². The minimum Gasteiger partial charge on any atom is -0.294 e. The number of aryl methyl sites for hydroxylation is 2. The summed E-state index contributed by atoms with van der Waals surface area (Å²) in [5.41, 5.74) is 2.63. The molecule has 0 radical (unpaired) electrons. The van der Waals surface area contributed by atoms with Gasteiger partial charge >= 0.3 is 0 Å². The smallest absolute Gasteiger partial charge is 0.170 e. The van der Waals surface area contributed by atoms with Crippen molar-refractivity contribution >= 4 is 5.78 Å². The third-order valence-electron chi connectivity index (χ3n) is 3.23. The number of ketones is 1. The average molecular weight is 260 g/mol. The van der Waals surface area contributed by atoms with Crippen molar-refractivity contribution in [2.75, 3.05) is 0 Å². The van der Waals surface area contributed by atoms with Gasteiger partial charge in [-0.15, -0.1) is 0 Å². The van der Waals surface area contributed by atoms with Gasteiger partial charge in [0.15, 0.2) is 17.4 Å². The summed E-state index contributed by atoms with van der Waals surface area (Å²) < 4.78 is 26.7. The molecule has 0 saturated heterocycles. The topological polar surface area (TPSA) is 17.1 Å². The van der Waals surface area contributed by atoms with Gasteiger partial charge in [0.1, 0.15) is 0 Å². The molecule has 0 aliphatic rings. The molecule has 0 N–H and O–H groups in total. The first kappa shape index (κ1) is 13.4. The molecule has 0 heterocycles. The summed E-state index contributed by atoms with van der Waals surface area (Å²) >= 11 is 0.